The minimum absolute atomic E-state index is 0.0104. The van der Waals surface area contributed by atoms with Gasteiger partial charge in [-0.2, -0.15) is 0 Å². The number of hydrogen-bond acceptors (Lipinski definition) is 3. The van der Waals surface area contributed by atoms with Gasteiger partial charge in [0.25, 0.3) is 0 Å². The predicted molar refractivity (Wildman–Crippen MR) is 56.7 cm³/mol. The largest absolute Gasteiger partial charge is 0.385 e. The molecule has 1 aromatic rings. The maximum absolute atomic E-state index is 10.7. The number of nitrogens with zero attached hydrogens (tertiary/aromatic N) is 3. The summed E-state index contributed by atoms with van der Waals surface area (Å²) in [5.41, 5.74) is 0.684. The molecular formula is C8H12BrN3O2. The summed E-state index contributed by atoms with van der Waals surface area (Å²) in [6.07, 6.45) is 1.33. The van der Waals surface area contributed by atoms with E-state index in [-0.39, 0.29) is 5.82 Å². The fraction of sp³-hybridized carbons (Fsp3) is 0.625. The molecule has 0 amide bonds. The first-order valence-electron chi connectivity index (χ1n) is 4.36. The Labute approximate surface area is 90.4 Å². The number of halogens is 1. The van der Waals surface area contributed by atoms with E-state index in [1.165, 1.54) is 0 Å². The van der Waals surface area contributed by atoms with Crippen LogP contribution in [0.5, 0.6) is 0 Å². The van der Waals surface area contributed by atoms with Crippen LogP contribution in [0.1, 0.15) is 18.4 Å². The van der Waals surface area contributed by atoms with E-state index in [0.29, 0.717) is 23.9 Å². The summed E-state index contributed by atoms with van der Waals surface area (Å²) < 4.78 is 1.80. The molecule has 14 heavy (non-hydrogen) atoms. The van der Waals surface area contributed by atoms with Gasteiger partial charge in [0.05, 0.1) is 0 Å². The second-order valence-electron chi connectivity index (χ2n) is 2.91. The molecule has 0 aromatic carbocycles. The summed E-state index contributed by atoms with van der Waals surface area (Å²) in [5.74, 6) is 0.747. The number of hydrogen-bond donors (Lipinski definition) is 0. The zero-order chi connectivity index (χ0) is 10.7. The van der Waals surface area contributed by atoms with Gasteiger partial charge >= 0.3 is 5.82 Å². The first-order chi connectivity index (χ1) is 6.61. The zero-order valence-electron chi connectivity index (χ0n) is 8.16. The van der Waals surface area contributed by atoms with Gasteiger partial charge in [-0.3, -0.25) is 0 Å². The van der Waals surface area contributed by atoms with Crippen LogP contribution in [0.2, 0.25) is 0 Å². The molecule has 0 saturated carbocycles. The van der Waals surface area contributed by atoms with Crippen molar-refractivity contribution in [2.45, 2.75) is 19.8 Å². The van der Waals surface area contributed by atoms with Crippen LogP contribution in [0.25, 0.3) is 0 Å². The van der Waals surface area contributed by atoms with Crippen LogP contribution >= 0.6 is 15.9 Å². The van der Waals surface area contributed by atoms with E-state index < -0.39 is 4.92 Å². The van der Waals surface area contributed by atoms with Crippen molar-refractivity contribution >= 4 is 21.7 Å². The van der Waals surface area contributed by atoms with E-state index in [0.717, 1.165) is 5.82 Å². The van der Waals surface area contributed by atoms with Crippen molar-refractivity contribution in [1.82, 2.24) is 9.55 Å². The summed E-state index contributed by atoms with van der Waals surface area (Å²) in [7, 11) is 1.82. The Bertz CT molecular complexity index is 349. The van der Waals surface area contributed by atoms with E-state index in [1.54, 1.807) is 4.57 Å². The van der Waals surface area contributed by atoms with Crippen LogP contribution in [0, 0.1) is 10.1 Å². The predicted octanol–water partition coefficient (Wildman–Crippen LogP) is 1.83. The van der Waals surface area contributed by atoms with Gasteiger partial charge in [0.1, 0.15) is 5.69 Å². The van der Waals surface area contributed by atoms with E-state index in [2.05, 4.69) is 20.9 Å². The van der Waals surface area contributed by atoms with E-state index in [1.807, 2.05) is 14.0 Å². The molecular weight excluding hydrogens is 250 g/mol. The second kappa shape index (κ2) is 4.54. The highest BCUT2D eigenvalue weighted by Gasteiger charge is 2.23. The topological polar surface area (TPSA) is 61.0 Å². The molecule has 6 heteroatoms. The lowest BCUT2D eigenvalue weighted by molar-refractivity contribution is -0.390. The standard InChI is InChI=1S/C8H12BrN3O2/c1-3-7-10-8(12(13)14)6(4-5-9)11(7)2/h3-5H2,1-2H3. The lowest BCUT2D eigenvalue weighted by atomic mass is 10.3. The molecule has 1 heterocycles. The highest BCUT2D eigenvalue weighted by molar-refractivity contribution is 9.09. The molecule has 1 rings (SSSR count). The second-order valence-corrected chi connectivity index (χ2v) is 3.70. The van der Waals surface area contributed by atoms with Crippen molar-refractivity contribution in [3.05, 3.63) is 21.6 Å². The Morgan fingerprint density at radius 2 is 2.29 bits per heavy atom. The first-order valence-corrected chi connectivity index (χ1v) is 5.48. The highest BCUT2D eigenvalue weighted by atomic mass is 79.9. The lowest BCUT2D eigenvalue weighted by Crippen LogP contribution is -2.02. The van der Waals surface area contributed by atoms with Gasteiger partial charge in [-0.25, -0.2) is 0 Å². The third kappa shape index (κ3) is 1.95. The van der Waals surface area contributed by atoms with Gasteiger partial charge in [-0.15, -0.1) is 0 Å². The average Bonchev–Trinajstić information content (AvgIpc) is 2.45. The Morgan fingerprint density at radius 3 is 2.71 bits per heavy atom. The van der Waals surface area contributed by atoms with Crippen LogP contribution in [-0.4, -0.2) is 19.8 Å². The maximum atomic E-state index is 10.7. The number of aromatic nitrogens is 2. The highest BCUT2D eigenvalue weighted by Crippen LogP contribution is 2.19. The molecule has 0 unspecified atom stereocenters. The SMILES string of the molecule is CCc1nc([N+](=O)[O-])c(CCBr)n1C. The monoisotopic (exact) mass is 261 g/mol. The zero-order valence-corrected chi connectivity index (χ0v) is 9.74. The van der Waals surface area contributed by atoms with Crippen LogP contribution in [0.4, 0.5) is 5.82 Å². The smallest absolute Gasteiger partial charge is 0.358 e. The van der Waals surface area contributed by atoms with Crippen molar-refractivity contribution in [2.75, 3.05) is 5.33 Å². The van der Waals surface area contributed by atoms with Gasteiger partial charge in [0, 0.05) is 25.2 Å². The summed E-state index contributed by atoms with van der Waals surface area (Å²) in [4.78, 5) is 14.3. The van der Waals surface area contributed by atoms with Crippen molar-refractivity contribution in [2.24, 2.45) is 7.05 Å². The summed E-state index contributed by atoms with van der Waals surface area (Å²) in [6.45, 7) is 1.93. The van der Waals surface area contributed by atoms with Crippen molar-refractivity contribution in [3.8, 4) is 0 Å². The Balaban J connectivity index is 3.20. The van der Waals surface area contributed by atoms with Crippen LogP contribution in [0.3, 0.4) is 0 Å². The third-order valence-corrected chi connectivity index (χ3v) is 2.50. The van der Waals surface area contributed by atoms with Gasteiger partial charge in [-0.1, -0.05) is 22.9 Å². The Morgan fingerprint density at radius 1 is 1.64 bits per heavy atom. The molecule has 0 bridgehead atoms. The van der Waals surface area contributed by atoms with E-state index >= 15 is 0 Å². The first kappa shape index (κ1) is 11.2. The molecule has 0 spiro atoms. The van der Waals surface area contributed by atoms with E-state index in [4.69, 9.17) is 0 Å². The van der Waals surface area contributed by atoms with Crippen molar-refractivity contribution < 1.29 is 4.92 Å². The number of nitro groups is 1. The maximum Gasteiger partial charge on any atom is 0.385 e. The fourth-order valence-corrected chi connectivity index (χ4v) is 1.77. The van der Waals surface area contributed by atoms with Gasteiger partial charge in [0.15, 0.2) is 0 Å². The van der Waals surface area contributed by atoms with Gasteiger partial charge < -0.3 is 14.7 Å². The van der Waals surface area contributed by atoms with Crippen LogP contribution in [0.15, 0.2) is 0 Å². The summed E-state index contributed by atoms with van der Waals surface area (Å²) in [5, 5.41) is 11.4. The van der Waals surface area contributed by atoms with Gasteiger partial charge in [-0.05, 0) is 9.91 Å². The quantitative estimate of drug-likeness (QED) is 0.472. The van der Waals surface area contributed by atoms with Crippen molar-refractivity contribution in [1.29, 1.82) is 0 Å². The summed E-state index contributed by atoms with van der Waals surface area (Å²) in [6, 6.07) is 0. The molecule has 5 nitrogen and oxygen atoms in total. The Hall–Kier alpha value is -0.910. The molecule has 0 fully saturated rings. The molecule has 0 aliphatic carbocycles. The molecule has 0 N–H and O–H groups in total. The Kier molecular flexibility index (Phi) is 3.62. The molecule has 0 atom stereocenters. The fourth-order valence-electron chi connectivity index (χ4n) is 1.40. The van der Waals surface area contributed by atoms with Gasteiger partial charge in [0.2, 0.25) is 5.82 Å². The van der Waals surface area contributed by atoms with E-state index in [9.17, 15) is 10.1 Å². The minimum atomic E-state index is -0.419. The lowest BCUT2D eigenvalue weighted by Gasteiger charge is -1.99. The van der Waals surface area contributed by atoms with Crippen LogP contribution in [-0.2, 0) is 19.9 Å². The number of aryl methyl sites for hydroxylation is 1. The number of rotatable bonds is 4. The average molecular weight is 262 g/mol. The molecule has 0 aliphatic heterocycles. The van der Waals surface area contributed by atoms with Crippen LogP contribution < -0.4 is 0 Å². The normalized spacial score (nSPS) is 10.5. The third-order valence-electron chi connectivity index (χ3n) is 2.11. The number of alkyl halides is 1. The molecule has 1 aromatic heterocycles. The minimum Gasteiger partial charge on any atom is -0.358 e. The molecule has 0 aliphatic rings. The molecule has 0 saturated heterocycles. The number of imidazole rings is 1. The molecule has 78 valence electrons. The summed E-state index contributed by atoms with van der Waals surface area (Å²) >= 11 is 3.27. The van der Waals surface area contributed by atoms with Crippen molar-refractivity contribution in [3.63, 3.8) is 0 Å². The molecule has 0 radical (unpaired) electrons.